The van der Waals surface area contributed by atoms with Crippen molar-refractivity contribution in [2.24, 2.45) is 0 Å². The van der Waals surface area contributed by atoms with Crippen LogP contribution in [0.25, 0.3) is 0 Å². The first-order chi connectivity index (χ1) is 16.9. The summed E-state index contributed by atoms with van der Waals surface area (Å²) in [5.41, 5.74) is 7.72. The van der Waals surface area contributed by atoms with E-state index in [1.54, 1.807) is 17.9 Å². The Morgan fingerprint density at radius 1 is 1.11 bits per heavy atom. The van der Waals surface area contributed by atoms with Crippen molar-refractivity contribution < 1.29 is 19.1 Å². The number of aryl methyl sites for hydroxylation is 2. The monoisotopic (exact) mass is 480 g/mol. The SMILES string of the molecule is CCOC(=O)C[C@@H](CCc1ccccc1)NC(=O)CN(C(=O)CCCc1cccc(N)n1)C1CC1. The van der Waals surface area contributed by atoms with E-state index in [4.69, 9.17) is 10.5 Å². The van der Waals surface area contributed by atoms with E-state index in [1.807, 2.05) is 42.5 Å². The molecule has 0 bridgehead atoms. The minimum atomic E-state index is -0.354. The first kappa shape index (κ1) is 26.2. The molecule has 0 unspecified atom stereocenters. The van der Waals surface area contributed by atoms with E-state index in [0.29, 0.717) is 38.1 Å². The fraction of sp³-hybridized carbons (Fsp3) is 0.481. The molecule has 1 aromatic carbocycles. The third-order valence-electron chi connectivity index (χ3n) is 5.98. The number of carbonyl (C=O) groups is 3. The maximum absolute atomic E-state index is 12.9. The number of anilines is 1. The molecule has 0 radical (unpaired) electrons. The topological polar surface area (TPSA) is 115 Å². The zero-order valence-electron chi connectivity index (χ0n) is 20.4. The van der Waals surface area contributed by atoms with Gasteiger partial charge in [0.15, 0.2) is 0 Å². The summed E-state index contributed by atoms with van der Waals surface area (Å²) in [5.74, 6) is -0.145. The van der Waals surface area contributed by atoms with Gasteiger partial charge in [-0.3, -0.25) is 14.4 Å². The molecule has 1 heterocycles. The number of nitrogen functional groups attached to an aromatic ring is 1. The Morgan fingerprint density at radius 2 is 1.89 bits per heavy atom. The van der Waals surface area contributed by atoms with Crippen molar-refractivity contribution in [2.45, 2.75) is 70.4 Å². The van der Waals surface area contributed by atoms with E-state index in [9.17, 15) is 14.4 Å². The maximum Gasteiger partial charge on any atom is 0.307 e. The molecule has 1 aromatic heterocycles. The number of pyridine rings is 1. The molecule has 188 valence electrons. The Labute approximate surface area is 207 Å². The number of esters is 1. The van der Waals surface area contributed by atoms with Crippen LogP contribution < -0.4 is 11.1 Å². The molecule has 1 fully saturated rings. The van der Waals surface area contributed by atoms with Gasteiger partial charge in [-0.2, -0.15) is 0 Å². The number of ether oxygens (including phenoxy) is 1. The van der Waals surface area contributed by atoms with Crippen LogP contribution in [-0.4, -0.2) is 52.9 Å². The van der Waals surface area contributed by atoms with Gasteiger partial charge in [0.25, 0.3) is 0 Å². The smallest absolute Gasteiger partial charge is 0.307 e. The number of nitrogens with two attached hydrogens (primary N) is 1. The van der Waals surface area contributed by atoms with Crippen LogP contribution in [0.4, 0.5) is 5.82 Å². The van der Waals surface area contributed by atoms with Gasteiger partial charge in [0.1, 0.15) is 5.82 Å². The predicted octanol–water partition coefficient (Wildman–Crippen LogP) is 3.05. The normalized spacial score (nSPS) is 13.6. The zero-order valence-corrected chi connectivity index (χ0v) is 20.4. The number of nitrogens with zero attached hydrogens (tertiary/aromatic N) is 2. The van der Waals surface area contributed by atoms with Crippen molar-refractivity contribution in [1.29, 1.82) is 0 Å². The van der Waals surface area contributed by atoms with Gasteiger partial charge in [-0.05, 0) is 63.1 Å². The van der Waals surface area contributed by atoms with E-state index in [0.717, 1.165) is 30.5 Å². The molecular formula is C27H36N4O4. The highest BCUT2D eigenvalue weighted by molar-refractivity contribution is 5.85. The maximum atomic E-state index is 12.9. The first-order valence-corrected chi connectivity index (χ1v) is 12.4. The highest BCUT2D eigenvalue weighted by atomic mass is 16.5. The van der Waals surface area contributed by atoms with Gasteiger partial charge in [-0.25, -0.2) is 4.98 Å². The van der Waals surface area contributed by atoms with Crippen LogP contribution in [0, 0.1) is 0 Å². The van der Waals surface area contributed by atoms with Crippen molar-refractivity contribution in [3.8, 4) is 0 Å². The average molecular weight is 481 g/mol. The second-order valence-corrected chi connectivity index (χ2v) is 8.96. The molecule has 3 rings (SSSR count). The quantitative estimate of drug-likeness (QED) is 0.402. The Balaban J connectivity index is 1.52. The van der Waals surface area contributed by atoms with Gasteiger partial charge in [-0.1, -0.05) is 36.4 Å². The lowest BCUT2D eigenvalue weighted by Gasteiger charge is -2.24. The van der Waals surface area contributed by atoms with Gasteiger partial charge in [0.2, 0.25) is 11.8 Å². The van der Waals surface area contributed by atoms with Crippen LogP contribution in [0.1, 0.15) is 56.7 Å². The molecule has 35 heavy (non-hydrogen) atoms. The highest BCUT2D eigenvalue weighted by Crippen LogP contribution is 2.27. The number of amides is 2. The Bertz CT molecular complexity index is 978. The average Bonchev–Trinajstić information content (AvgIpc) is 3.67. The second kappa shape index (κ2) is 13.5. The Morgan fingerprint density at radius 3 is 2.57 bits per heavy atom. The number of benzene rings is 1. The zero-order chi connectivity index (χ0) is 25.0. The third-order valence-corrected chi connectivity index (χ3v) is 5.98. The van der Waals surface area contributed by atoms with Gasteiger partial charge < -0.3 is 20.7 Å². The summed E-state index contributed by atoms with van der Waals surface area (Å²) in [6.45, 7) is 2.06. The van der Waals surface area contributed by atoms with Gasteiger partial charge in [-0.15, -0.1) is 0 Å². The van der Waals surface area contributed by atoms with Crippen molar-refractivity contribution in [2.75, 3.05) is 18.9 Å². The molecule has 1 aliphatic rings. The van der Waals surface area contributed by atoms with Crippen molar-refractivity contribution in [3.63, 3.8) is 0 Å². The molecular weight excluding hydrogens is 444 g/mol. The molecule has 2 aromatic rings. The molecule has 0 saturated heterocycles. The second-order valence-electron chi connectivity index (χ2n) is 8.96. The molecule has 3 N–H and O–H groups in total. The van der Waals surface area contributed by atoms with Crippen LogP contribution in [0.3, 0.4) is 0 Å². The molecule has 0 spiro atoms. The summed E-state index contributed by atoms with van der Waals surface area (Å²) in [6.07, 6.45) is 4.92. The molecule has 0 aliphatic heterocycles. The number of nitrogens with one attached hydrogen (secondary N) is 1. The van der Waals surface area contributed by atoms with Gasteiger partial charge in [0, 0.05) is 24.2 Å². The standard InChI is InChI=1S/C27H36N4O4/c1-2-35-27(34)18-22(15-14-20-8-4-3-5-9-20)30-25(32)19-31(23-16-17-23)26(33)13-7-11-21-10-6-12-24(28)29-21/h3-6,8-10,12,22-23H,2,7,11,13-19H2,1H3,(H2,28,29)(H,30,32)/t22-/m1/s1. The highest BCUT2D eigenvalue weighted by Gasteiger charge is 2.33. The van der Waals surface area contributed by atoms with E-state index < -0.39 is 0 Å². The summed E-state index contributed by atoms with van der Waals surface area (Å²) in [4.78, 5) is 43.9. The summed E-state index contributed by atoms with van der Waals surface area (Å²) < 4.78 is 5.09. The summed E-state index contributed by atoms with van der Waals surface area (Å²) in [5, 5.41) is 2.98. The third kappa shape index (κ3) is 9.39. The lowest BCUT2D eigenvalue weighted by Crippen LogP contribution is -2.46. The molecule has 8 heteroatoms. The van der Waals surface area contributed by atoms with E-state index in [-0.39, 0.29) is 42.8 Å². The molecule has 8 nitrogen and oxygen atoms in total. The molecule has 1 atom stereocenters. The van der Waals surface area contributed by atoms with Crippen molar-refractivity contribution in [3.05, 3.63) is 59.8 Å². The van der Waals surface area contributed by atoms with Crippen LogP contribution in [0.5, 0.6) is 0 Å². The van der Waals surface area contributed by atoms with Crippen LogP contribution in [0.2, 0.25) is 0 Å². The summed E-state index contributed by atoms with van der Waals surface area (Å²) in [6, 6.07) is 15.2. The number of aromatic nitrogens is 1. The van der Waals surface area contributed by atoms with E-state index in [2.05, 4.69) is 10.3 Å². The number of carbonyl (C=O) groups excluding carboxylic acids is 3. The number of hydrogen-bond acceptors (Lipinski definition) is 6. The number of rotatable bonds is 14. The van der Waals surface area contributed by atoms with E-state index in [1.165, 1.54) is 0 Å². The van der Waals surface area contributed by atoms with E-state index >= 15 is 0 Å². The summed E-state index contributed by atoms with van der Waals surface area (Å²) >= 11 is 0. The van der Waals surface area contributed by atoms with Gasteiger partial charge >= 0.3 is 5.97 Å². The van der Waals surface area contributed by atoms with Crippen LogP contribution in [-0.2, 0) is 32.0 Å². The van der Waals surface area contributed by atoms with Crippen LogP contribution in [0.15, 0.2) is 48.5 Å². The molecule has 1 saturated carbocycles. The summed E-state index contributed by atoms with van der Waals surface area (Å²) in [7, 11) is 0. The van der Waals surface area contributed by atoms with Crippen LogP contribution >= 0.6 is 0 Å². The Kier molecular flexibility index (Phi) is 10.1. The van der Waals surface area contributed by atoms with Crippen molar-refractivity contribution >= 4 is 23.6 Å². The lowest BCUT2D eigenvalue weighted by atomic mass is 10.0. The van der Waals surface area contributed by atoms with Crippen molar-refractivity contribution in [1.82, 2.24) is 15.2 Å². The molecule has 1 aliphatic carbocycles. The Hall–Kier alpha value is -3.42. The minimum absolute atomic E-state index is 0.00466. The van der Waals surface area contributed by atoms with Gasteiger partial charge in [0.05, 0.1) is 19.6 Å². The predicted molar refractivity (Wildman–Crippen MR) is 134 cm³/mol. The first-order valence-electron chi connectivity index (χ1n) is 12.4. The minimum Gasteiger partial charge on any atom is -0.466 e. The molecule has 2 amide bonds. The fourth-order valence-corrected chi connectivity index (χ4v) is 4.07. The largest absolute Gasteiger partial charge is 0.466 e. The lowest BCUT2D eigenvalue weighted by molar-refractivity contribution is -0.144. The fourth-order valence-electron chi connectivity index (χ4n) is 4.07. The number of hydrogen-bond donors (Lipinski definition) is 2.